The highest BCUT2D eigenvalue weighted by molar-refractivity contribution is 6.42. The van der Waals surface area contributed by atoms with E-state index in [-0.39, 0.29) is 5.91 Å². The number of carbonyl (C=O) groups is 1. The van der Waals surface area contributed by atoms with Crippen molar-refractivity contribution in [2.45, 2.75) is 13.5 Å². The molecule has 1 aliphatic rings. The molecule has 0 radical (unpaired) electrons. The summed E-state index contributed by atoms with van der Waals surface area (Å²) in [5, 5.41) is 1.16. The van der Waals surface area contributed by atoms with Crippen LogP contribution in [0.25, 0.3) is 0 Å². The summed E-state index contributed by atoms with van der Waals surface area (Å²) < 4.78 is 0. The van der Waals surface area contributed by atoms with E-state index in [4.69, 9.17) is 23.2 Å². The first-order chi connectivity index (χ1) is 11.5. The van der Waals surface area contributed by atoms with Gasteiger partial charge in [-0.1, -0.05) is 47.0 Å². The van der Waals surface area contributed by atoms with Crippen molar-refractivity contribution in [1.29, 1.82) is 0 Å². The molecule has 0 aliphatic carbocycles. The van der Waals surface area contributed by atoms with E-state index >= 15 is 0 Å². The third kappa shape index (κ3) is 4.10. The van der Waals surface area contributed by atoms with Crippen LogP contribution in [0, 0.1) is 6.92 Å². The molecule has 2 aromatic carbocycles. The highest BCUT2D eigenvalue weighted by Crippen LogP contribution is 2.23. The second-order valence-electron chi connectivity index (χ2n) is 6.19. The minimum Gasteiger partial charge on any atom is -0.336 e. The number of carbonyl (C=O) groups excluding carboxylic acids is 1. The number of nitrogens with zero attached hydrogens (tertiary/aromatic N) is 2. The van der Waals surface area contributed by atoms with Crippen molar-refractivity contribution in [2.24, 2.45) is 0 Å². The predicted molar refractivity (Wildman–Crippen MR) is 98.8 cm³/mol. The summed E-state index contributed by atoms with van der Waals surface area (Å²) in [5.74, 6) is 0.118. The molecule has 0 bridgehead atoms. The molecule has 3 nitrogen and oxygen atoms in total. The van der Waals surface area contributed by atoms with Crippen LogP contribution < -0.4 is 0 Å². The maximum absolute atomic E-state index is 12.6. The molecule has 5 heteroatoms. The SMILES string of the molecule is Cc1cccc(C(=O)N2CCN(Cc3ccc(Cl)c(Cl)c3)CC2)c1. The highest BCUT2D eigenvalue weighted by atomic mass is 35.5. The molecule has 0 N–H and O–H groups in total. The lowest BCUT2D eigenvalue weighted by molar-refractivity contribution is 0.0628. The maximum Gasteiger partial charge on any atom is 0.253 e. The Labute approximate surface area is 152 Å². The molecule has 24 heavy (non-hydrogen) atoms. The minimum absolute atomic E-state index is 0.118. The molecule has 1 fully saturated rings. The zero-order chi connectivity index (χ0) is 17.1. The topological polar surface area (TPSA) is 23.6 Å². The van der Waals surface area contributed by atoms with Crippen LogP contribution in [0.15, 0.2) is 42.5 Å². The summed E-state index contributed by atoms with van der Waals surface area (Å²) in [6.45, 7) is 6.03. The lowest BCUT2D eigenvalue weighted by Crippen LogP contribution is -2.48. The highest BCUT2D eigenvalue weighted by Gasteiger charge is 2.22. The molecule has 1 aliphatic heterocycles. The average Bonchev–Trinajstić information content (AvgIpc) is 2.58. The molecule has 0 aromatic heterocycles. The van der Waals surface area contributed by atoms with Gasteiger partial charge >= 0.3 is 0 Å². The first-order valence-corrected chi connectivity index (χ1v) is 8.81. The van der Waals surface area contributed by atoms with Crippen molar-refractivity contribution < 1.29 is 4.79 Å². The standard InChI is InChI=1S/C19H20Cl2N2O/c1-14-3-2-4-16(11-14)19(24)23-9-7-22(8-10-23)13-15-5-6-17(20)18(21)12-15/h2-6,11-12H,7-10,13H2,1H3. The molecule has 1 heterocycles. The first-order valence-electron chi connectivity index (χ1n) is 8.05. The molecule has 0 atom stereocenters. The molecular formula is C19H20Cl2N2O. The van der Waals surface area contributed by atoms with Gasteiger partial charge in [-0.2, -0.15) is 0 Å². The van der Waals surface area contributed by atoms with Crippen LogP contribution in [0.4, 0.5) is 0 Å². The van der Waals surface area contributed by atoms with Gasteiger partial charge in [0, 0.05) is 38.3 Å². The normalized spacial score (nSPS) is 15.5. The Morgan fingerprint density at radius 2 is 1.75 bits per heavy atom. The number of benzene rings is 2. The Hall–Kier alpha value is -1.55. The molecular weight excluding hydrogens is 343 g/mol. The molecule has 0 spiro atoms. The van der Waals surface area contributed by atoms with Crippen LogP contribution in [0.5, 0.6) is 0 Å². The molecule has 2 aromatic rings. The van der Waals surface area contributed by atoms with E-state index in [2.05, 4.69) is 4.90 Å². The fourth-order valence-electron chi connectivity index (χ4n) is 2.97. The van der Waals surface area contributed by atoms with E-state index in [1.165, 1.54) is 0 Å². The Morgan fingerprint density at radius 1 is 1.00 bits per heavy atom. The minimum atomic E-state index is 0.118. The van der Waals surface area contributed by atoms with Crippen LogP contribution in [0.2, 0.25) is 10.0 Å². The third-order valence-corrected chi connectivity index (χ3v) is 5.05. The van der Waals surface area contributed by atoms with E-state index in [0.717, 1.165) is 49.4 Å². The summed E-state index contributed by atoms with van der Waals surface area (Å²) in [6.07, 6.45) is 0. The fourth-order valence-corrected chi connectivity index (χ4v) is 3.29. The van der Waals surface area contributed by atoms with Crippen molar-refractivity contribution in [3.05, 3.63) is 69.2 Å². The van der Waals surface area contributed by atoms with Crippen LogP contribution in [0.3, 0.4) is 0 Å². The Bertz CT molecular complexity index is 740. The summed E-state index contributed by atoms with van der Waals surface area (Å²) >= 11 is 12.0. The van der Waals surface area contributed by atoms with Gasteiger partial charge in [-0.15, -0.1) is 0 Å². The largest absolute Gasteiger partial charge is 0.336 e. The quantitative estimate of drug-likeness (QED) is 0.814. The Morgan fingerprint density at radius 3 is 2.42 bits per heavy atom. The smallest absolute Gasteiger partial charge is 0.253 e. The van der Waals surface area contributed by atoms with Crippen molar-refractivity contribution in [2.75, 3.05) is 26.2 Å². The Balaban J connectivity index is 1.57. The summed E-state index contributed by atoms with van der Waals surface area (Å²) in [6, 6.07) is 13.5. The number of halogens is 2. The van der Waals surface area contributed by atoms with Crippen molar-refractivity contribution in [3.8, 4) is 0 Å². The predicted octanol–water partition coefficient (Wildman–Crippen LogP) is 4.26. The third-order valence-electron chi connectivity index (χ3n) is 4.31. The second kappa shape index (κ2) is 7.56. The van der Waals surface area contributed by atoms with E-state index in [0.29, 0.717) is 10.0 Å². The summed E-state index contributed by atoms with van der Waals surface area (Å²) in [5.41, 5.74) is 3.02. The number of amides is 1. The number of hydrogen-bond acceptors (Lipinski definition) is 2. The number of piperazine rings is 1. The van der Waals surface area contributed by atoms with Crippen molar-refractivity contribution in [1.82, 2.24) is 9.80 Å². The van der Waals surface area contributed by atoms with Gasteiger partial charge in [0.25, 0.3) is 5.91 Å². The summed E-state index contributed by atoms with van der Waals surface area (Å²) in [7, 11) is 0. The van der Waals surface area contributed by atoms with E-state index in [1.807, 2.05) is 54.3 Å². The van der Waals surface area contributed by atoms with Crippen LogP contribution >= 0.6 is 23.2 Å². The maximum atomic E-state index is 12.6. The zero-order valence-electron chi connectivity index (χ0n) is 13.6. The molecule has 126 valence electrons. The summed E-state index contributed by atoms with van der Waals surface area (Å²) in [4.78, 5) is 16.8. The van der Waals surface area contributed by atoms with Crippen LogP contribution in [-0.2, 0) is 6.54 Å². The number of rotatable bonds is 3. The van der Waals surface area contributed by atoms with E-state index < -0.39 is 0 Å². The van der Waals surface area contributed by atoms with Gasteiger partial charge in [0.15, 0.2) is 0 Å². The zero-order valence-corrected chi connectivity index (χ0v) is 15.1. The van der Waals surface area contributed by atoms with Gasteiger partial charge in [0.05, 0.1) is 10.0 Å². The molecule has 1 saturated heterocycles. The van der Waals surface area contributed by atoms with E-state index in [1.54, 1.807) is 0 Å². The van der Waals surface area contributed by atoms with Crippen molar-refractivity contribution in [3.63, 3.8) is 0 Å². The van der Waals surface area contributed by atoms with Gasteiger partial charge in [-0.25, -0.2) is 0 Å². The van der Waals surface area contributed by atoms with Gasteiger partial charge in [-0.05, 0) is 36.8 Å². The molecule has 3 rings (SSSR count). The van der Waals surface area contributed by atoms with Gasteiger partial charge in [-0.3, -0.25) is 9.69 Å². The molecule has 1 amide bonds. The van der Waals surface area contributed by atoms with Crippen LogP contribution in [0.1, 0.15) is 21.5 Å². The average molecular weight is 363 g/mol. The first kappa shape index (κ1) is 17.3. The lowest BCUT2D eigenvalue weighted by atomic mass is 10.1. The number of aryl methyl sites for hydroxylation is 1. The molecule has 0 unspecified atom stereocenters. The van der Waals surface area contributed by atoms with E-state index in [9.17, 15) is 4.79 Å². The number of hydrogen-bond donors (Lipinski definition) is 0. The van der Waals surface area contributed by atoms with Gasteiger partial charge < -0.3 is 4.90 Å². The fraction of sp³-hybridized carbons (Fsp3) is 0.316. The second-order valence-corrected chi connectivity index (χ2v) is 7.00. The monoisotopic (exact) mass is 362 g/mol. The van der Waals surface area contributed by atoms with Crippen LogP contribution in [-0.4, -0.2) is 41.9 Å². The Kier molecular flexibility index (Phi) is 5.44. The van der Waals surface area contributed by atoms with Crippen molar-refractivity contribution >= 4 is 29.1 Å². The molecule has 0 saturated carbocycles. The van der Waals surface area contributed by atoms with Gasteiger partial charge in [0.1, 0.15) is 0 Å². The lowest BCUT2D eigenvalue weighted by Gasteiger charge is -2.35. The van der Waals surface area contributed by atoms with Gasteiger partial charge in [0.2, 0.25) is 0 Å².